The number of carbonyl (C=O) groups excluding carboxylic acids is 2. The van der Waals surface area contributed by atoms with E-state index in [9.17, 15) is 9.59 Å². The fourth-order valence-electron chi connectivity index (χ4n) is 3.67. The number of likely N-dealkylation sites (tertiary alicyclic amines) is 1. The molecule has 2 amide bonds. The lowest BCUT2D eigenvalue weighted by Crippen LogP contribution is -2.49. The minimum Gasteiger partial charge on any atom is -0.341 e. The number of anilines is 1. The van der Waals surface area contributed by atoms with Crippen molar-refractivity contribution in [3.63, 3.8) is 0 Å². The summed E-state index contributed by atoms with van der Waals surface area (Å²) >= 11 is 0. The molecule has 1 aromatic carbocycles. The molecular formula is C19H28N4O2. The molecule has 2 aliphatic rings. The molecular weight excluding hydrogens is 316 g/mol. The molecule has 0 radical (unpaired) electrons. The molecule has 25 heavy (non-hydrogen) atoms. The van der Waals surface area contributed by atoms with Gasteiger partial charge in [-0.2, -0.15) is 0 Å². The molecule has 3 rings (SSSR count). The largest absolute Gasteiger partial charge is 0.341 e. The third-order valence-electron chi connectivity index (χ3n) is 5.14. The quantitative estimate of drug-likeness (QED) is 0.763. The first kappa shape index (κ1) is 17.9. The average molecular weight is 344 g/mol. The number of nitrogens with one attached hydrogen (secondary N) is 3. The Morgan fingerprint density at radius 1 is 1.16 bits per heavy atom. The summed E-state index contributed by atoms with van der Waals surface area (Å²) < 4.78 is 0. The highest BCUT2D eigenvalue weighted by molar-refractivity contribution is 5.92. The van der Waals surface area contributed by atoms with E-state index < -0.39 is 0 Å². The fraction of sp³-hybridized carbons (Fsp3) is 0.579. The van der Waals surface area contributed by atoms with E-state index in [4.69, 9.17) is 0 Å². The van der Waals surface area contributed by atoms with E-state index in [0.717, 1.165) is 37.8 Å². The predicted molar refractivity (Wildman–Crippen MR) is 97.7 cm³/mol. The number of nitrogens with zero attached hydrogens (tertiary/aromatic N) is 1. The van der Waals surface area contributed by atoms with Crippen molar-refractivity contribution in [3.8, 4) is 0 Å². The number of hydrogen-bond acceptors (Lipinski definition) is 4. The first-order valence-corrected chi connectivity index (χ1v) is 9.33. The number of hydrazine groups is 1. The Kier molecular flexibility index (Phi) is 6.04. The number of piperidine rings is 1. The van der Waals surface area contributed by atoms with E-state index in [1.807, 2.05) is 35.2 Å². The zero-order valence-electron chi connectivity index (χ0n) is 14.8. The Labute approximate surface area is 149 Å². The Morgan fingerprint density at radius 3 is 2.56 bits per heavy atom. The van der Waals surface area contributed by atoms with Gasteiger partial charge in [0, 0.05) is 30.7 Å². The van der Waals surface area contributed by atoms with Crippen molar-refractivity contribution in [3.05, 3.63) is 30.3 Å². The van der Waals surface area contributed by atoms with Gasteiger partial charge in [0.15, 0.2) is 0 Å². The summed E-state index contributed by atoms with van der Waals surface area (Å²) in [5.41, 5.74) is 7.18. The van der Waals surface area contributed by atoms with Crippen molar-refractivity contribution < 1.29 is 9.59 Å². The van der Waals surface area contributed by atoms with Crippen LogP contribution in [0.1, 0.15) is 39.0 Å². The fourth-order valence-corrected chi connectivity index (χ4v) is 3.67. The molecule has 2 fully saturated rings. The Balaban J connectivity index is 1.45. The van der Waals surface area contributed by atoms with Crippen LogP contribution in [-0.4, -0.2) is 41.9 Å². The topological polar surface area (TPSA) is 73.5 Å². The standard InChI is InChI=1S/C19H28N4O2/c1-2-6-16-13-17(22-21-16)19(25)23-11-9-14(10-12-23)18(24)20-15-7-4-3-5-8-15/h3-5,7-8,14,16-17,21-22H,2,6,9-13H2,1H3,(H,20,24). The van der Waals surface area contributed by atoms with Crippen LogP contribution in [0.5, 0.6) is 0 Å². The lowest BCUT2D eigenvalue weighted by molar-refractivity contribution is -0.136. The van der Waals surface area contributed by atoms with Gasteiger partial charge in [0.05, 0.1) is 0 Å². The number of benzene rings is 1. The number of rotatable bonds is 5. The van der Waals surface area contributed by atoms with Gasteiger partial charge >= 0.3 is 0 Å². The summed E-state index contributed by atoms with van der Waals surface area (Å²) in [5, 5.41) is 2.97. The number of carbonyl (C=O) groups is 2. The smallest absolute Gasteiger partial charge is 0.241 e. The second kappa shape index (κ2) is 8.45. The maximum Gasteiger partial charge on any atom is 0.241 e. The molecule has 136 valence electrons. The van der Waals surface area contributed by atoms with Crippen LogP contribution in [0.3, 0.4) is 0 Å². The molecule has 2 heterocycles. The highest BCUT2D eigenvalue weighted by Gasteiger charge is 2.34. The van der Waals surface area contributed by atoms with Crippen LogP contribution in [0.15, 0.2) is 30.3 Å². The molecule has 2 aliphatic heterocycles. The van der Waals surface area contributed by atoms with Crippen LogP contribution in [0.25, 0.3) is 0 Å². The van der Waals surface area contributed by atoms with E-state index in [2.05, 4.69) is 23.1 Å². The maximum absolute atomic E-state index is 12.6. The van der Waals surface area contributed by atoms with Gasteiger partial charge < -0.3 is 10.2 Å². The molecule has 1 aromatic rings. The van der Waals surface area contributed by atoms with Crippen molar-refractivity contribution in [1.29, 1.82) is 0 Å². The second-order valence-corrected chi connectivity index (χ2v) is 7.02. The van der Waals surface area contributed by atoms with E-state index >= 15 is 0 Å². The van der Waals surface area contributed by atoms with Gasteiger partial charge in [-0.25, -0.2) is 5.43 Å². The molecule has 6 nitrogen and oxygen atoms in total. The van der Waals surface area contributed by atoms with Gasteiger partial charge in [0.25, 0.3) is 0 Å². The van der Waals surface area contributed by atoms with Crippen molar-refractivity contribution >= 4 is 17.5 Å². The average Bonchev–Trinajstić information content (AvgIpc) is 3.11. The summed E-state index contributed by atoms with van der Waals surface area (Å²) in [4.78, 5) is 26.9. The van der Waals surface area contributed by atoms with E-state index in [1.54, 1.807) is 0 Å². The first-order chi connectivity index (χ1) is 12.2. The Hall–Kier alpha value is -1.92. The Bertz CT molecular complexity index is 584. The molecule has 2 unspecified atom stereocenters. The Morgan fingerprint density at radius 2 is 1.88 bits per heavy atom. The molecule has 3 N–H and O–H groups in total. The highest BCUT2D eigenvalue weighted by atomic mass is 16.2. The first-order valence-electron chi connectivity index (χ1n) is 9.33. The summed E-state index contributed by atoms with van der Waals surface area (Å²) in [5.74, 6) is 0.196. The molecule has 0 saturated carbocycles. The molecule has 0 bridgehead atoms. The van der Waals surface area contributed by atoms with E-state index in [1.165, 1.54) is 0 Å². The zero-order valence-corrected chi connectivity index (χ0v) is 14.8. The van der Waals surface area contributed by atoms with E-state index in [-0.39, 0.29) is 23.8 Å². The second-order valence-electron chi connectivity index (χ2n) is 7.02. The van der Waals surface area contributed by atoms with Gasteiger partial charge in [0.2, 0.25) is 11.8 Å². The SMILES string of the molecule is CCCC1CC(C(=O)N2CCC(C(=O)Nc3ccccc3)CC2)NN1. The molecule has 0 spiro atoms. The van der Waals surface area contributed by atoms with Crippen LogP contribution in [0.4, 0.5) is 5.69 Å². The van der Waals surface area contributed by atoms with Crippen LogP contribution < -0.4 is 16.2 Å². The van der Waals surface area contributed by atoms with Crippen molar-refractivity contribution in [1.82, 2.24) is 15.8 Å². The summed E-state index contributed by atoms with van der Waals surface area (Å²) in [6.45, 7) is 3.47. The van der Waals surface area contributed by atoms with E-state index in [0.29, 0.717) is 19.1 Å². The number of para-hydroxylation sites is 1. The lowest BCUT2D eigenvalue weighted by Gasteiger charge is -2.32. The molecule has 2 saturated heterocycles. The van der Waals surface area contributed by atoms with Crippen molar-refractivity contribution in [2.75, 3.05) is 18.4 Å². The van der Waals surface area contributed by atoms with Crippen LogP contribution >= 0.6 is 0 Å². The maximum atomic E-state index is 12.6. The van der Waals surface area contributed by atoms with Gasteiger partial charge in [-0.1, -0.05) is 31.5 Å². The number of amides is 2. The molecule has 6 heteroatoms. The van der Waals surface area contributed by atoms with Gasteiger partial charge in [-0.05, 0) is 37.8 Å². The van der Waals surface area contributed by atoms with Gasteiger partial charge in [-0.3, -0.25) is 15.0 Å². The van der Waals surface area contributed by atoms with Crippen molar-refractivity contribution in [2.45, 2.75) is 51.1 Å². The predicted octanol–water partition coefficient (Wildman–Crippen LogP) is 1.90. The summed E-state index contributed by atoms with van der Waals surface area (Å²) in [6, 6.07) is 9.77. The normalized spacial score (nSPS) is 24.3. The summed E-state index contributed by atoms with van der Waals surface area (Å²) in [7, 11) is 0. The minimum absolute atomic E-state index is 0.0215. The van der Waals surface area contributed by atoms with Gasteiger partial charge in [0.1, 0.15) is 6.04 Å². The molecule has 0 aliphatic carbocycles. The third-order valence-corrected chi connectivity index (χ3v) is 5.14. The zero-order chi connectivity index (χ0) is 17.6. The number of hydrogen-bond donors (Lipinski definition) is 3. The van der Waals surface area contributed by atoms with Crippen LogP contribution in [-0.2, 0) is 9.59 Å². The summed E-state index contributed by atoms with van der Waals surface area (Å²) in [6.07, 6.45) is 4.49. The van der Waals surface area contributed by atoms with Gasteiger partial charge in [-0.15, -0.1) is 0 Å². The highest BCUT2D eigenvalue weighted by Crippen LogP contribution is 2.21. The molecule has 0 aromatic heterocycles. The van der Waals surface area contributed by atoms with Crippen molar-refractivity contribution in [2.24, 2.45) is 5.92 Å². The lowest BCUT2D eigenvalue weighted by atomic mass is 9.95. The molecule has 2 atom stereocenters. The van der Waals surface area contributed by atoms with Crippen LogP contribution in [0, 0.1) is 5.92 Å². The minimum atomic E-state index is -0.133. The third kappa shape index (κ3) is 4.58. The monoisotopic (exact) mass is 344 g/mol. The van der Waals surface area contributed by atoms with Crippen LogP contribution in [0.2, 0.25) is 0 Å².